The average Bonchev–Trinajstić information content (AvgIpc) is 2.87. The summed E-state index contributed by atoms with van der Waals surface area (Å²) in [6.45, 7) is 8.25. The molecule has 0 aliphatic heterocycles. The van der Waals surface area contributed by atoms with Gasteiger partial charge in [-0.15, -0.1) is 11.3 Å². The first-order valence-corrected chi connectivity index (χ1v) is 8.06. The van der Waals surface area contributed by atoms with Crippen molar-refractivity contribution in [3.63, 3.8) is 0 Å². The Kier molecular flexibility index (Phi) is 5.00. The third-order valence-corrected chi connectivity index (χ3v) is 4.36. The SMILES string of the molecule is Cc1c(Cl)nc(C(C)C)nc1NC(C)Cc1cccs1. The molecule has 1 N–H and O–H groups in total. The standard InChI is InChI=1S/C15H20ClN3S/c1-9(2)14-18-13(16)11(4)15(19-14)17-10(3)8-12-6-5-7-20-12/h5-7,9-10H,8H2,1-4H3,(H,17,18,19). The van der Waals surface area contributed by atoms with Crippen molar-refractivity contribution in [2.45, 2.75) is 46.1 Å². The molecule has 5 heteroatoms. The predicted molar refractivity (Wildman–Crippen MR) is 87.0 cm³/mol. The molecule has 0 aliphatic rings. The molecule has 0 amide bonds. The lowest BCUT2D eigenvalue weighted by Crippen LogP contribution is -2.20. The van der Waals surface area contributed by atoms with E-state index in [9.17, 15) is 0 Å². The van der Waals surface area contributed by atoms with Gasteiger partial charge in [-0.2, -0.15) is 0 Å². The molecule has 108 valence electrons. The van der Waals surface area contributed by atoms with E-state index >= 15 is 0 Å². The Morgan fingerprint density at radius 1 is 1.30 bits per heavy atom. The van der Waals surface area contributed by atoms with E-state index in [2.05, 4.69) is 53.6 Å². The Morgan fingerprint density at radius 3 is 2.65 bits per heavy atom. The van der Waals surface area contributed by atoms with Crippen molar-refractivity contribution in [2.75, 3.05) is 5.32 Å². The van der Waals surface area contributed by atoms with Gasteiger partial charge < -0.3 is 5.32 Å². The van der Waals surface area contributed by atoms with Crippen molar-refractivity contribution >= 4 is 28.8 Å². The molecule has 0 aliphatic carbocycles. The van der Waals surface area contributed by atoms with Crippen LogP contribution < -0.4 is 5.32 Å². The molecule has 0 fully saturated rings. The molecule has 20 heavy (non-hydrogen) atoms. The van der Waals surface area contributed by atoms with Gasteiger partial charge in [-0.3, -0.25) is 0 Å². The Balaban J connectivity index is 2.15. The summed E-state index contributed by atoms with van der Waals surface area (Å²) in [7, 11) is 0. The maximum Gasteiger partial charge on any atom is 0.137 e. The van der Waals surface area contributed by atoms with Crippen molar-refractivity contribution < 1.29 is 0 Å². The molecule has 2 aromatic rings. The van der Waals surface area contributed by atoms with E-state index in [1.807, 2.05) is 6.92 Å². The fourth-order valence-corrected chi connectivity index (χ4v) is 2.93. The summed E-state index contributed by atoms with van der Waals surface area (Å²) in [5.74, 6) is 1.89. The summed E-state index contributed by atoms with van der Waals surface area (Å²) in [6.07, 6.45) is 0.982. The maximum atomic E-state index is 6.20. The van der Waals surface area contributed by atoms with Crippen LogP contribution in [0.15, 0.2) is 17.5 Å². The quantitative estimate of drug-likeness (QED) is 0.816. The van der Waals surface area contributed by atoms with Crippen molar-refractivity contribution in [1.82, 2.24) is 9.97 Å². The van der Waals surface area contributed by atoms with Crippen LogP contribution >= 0.6 is 22.9 Å². The number of rotatable bonds is 5. The van der Waals surface area contributed by atoms with Crippen molar-refractivity contribution in [3.05, 3.63) is 38.9 Å². The van der Waals surface area contributed by atoms with Crippen molar-refractivity contribution in [2.24, 2.45) is 0 Å². The number of anilines is 1. The van der Waals surface area contributed by atoms with Crippen LogP contribution in [0.1, 0.15) is 43.0 Å². The summed E-state index contributed by atoms with van der Waals surface area (Å²) in [5, 5.41) is 6.10. The Labute approximate surface area is 129 Å². The number of aromatic nitrogens is 2. The van der Waals surface area contributed by atoms with Crippen LogP contribution in [-0.4, -0.2) is 16.0 Å². The zero-order valence-electron chi connectivity index (χ0n) is 12.3. The van der Waals surface area contributed by atoms with E-state index in [1.54, 1.807) is 11.3 Å². The largest absolute Gasteiger partial charge is 0.367 e. The first-order chi connectivity index (χ1) is 9.47. The third-order valence-electron chi connectivity index (χ3n) is 3.09. The maximum absolute atomic E-state index is 6.20. The summed E-state index contributed by atoms with van der Waals surface area (Å²) < 4.78 is 0. The second kappa shape index (κ2) is 6.55. The number of thiophene rings is 1. The van der Waals surface area contributed by atoms with E-state index in [1.165, 1.54) is 4.88 Å². The van der Waals surface area contributed by atoms with Gasteiger partial charge in [-0.05, 0) is 25.3 Å². The van der Waals surface area contributed by atoms with Gasteiger partial charge in [0.05, 0.1) is 0 Å². The van der Waals surface area contributed by atoms with E-state index < -0.39 is 0 Å². The molecule has 0 aromatic carbocycles. The normalized spacial score (nSPS) is 12.7. The second-order valence-electron chi connectivity index (χ2n) is 5.33. The molecular weight excluding hydrogens is 290 g/mol. The zero-order chi connectivity index (χ0) is 14.7. The topological polar surface area (TPSA) is 37.8 Å². The smallest absolute Gasteiger partial charge is 0.137 e. The molecule has 0 spiro atoms. The van der Waals surface area contributed by atoms with Crippen LogP contribution in [0, 0.1) is 6.92 Å². The highest BCUT2D eigenvalue weighted by Crippen LogP contribution is 2.24. The number of halogens is 1. The van der Waals surface area contributed by atoms with Crippen LogP contribution in [0.25, 0.3) is 0 Å². The first kappa shape index (κ1) is 15.3. The molecule has 2 heterocycles. The predicted octanol–water partition coefficient (Wildman–Crippen LogP) is 4.67. The second-order valence-corrected chi connectivity index (χ2v) is 6.72. The number of hydrogen-bond donors (Lipinski definition) is 1. The van der Waals surface area contributed by atoms with Crippen LogP contribution in [0.4, 0.5) is 5.82 Å². The van der Waals surface area contributed by atoms with Gasteiger partial charge in [0, 0.05) is 28.8 Å². The highest BCUT2D eigenvalue weighted by molar-refractivity contribution is 7.09. The third kappa shape index (κ3) is 3.70. The fourth-order valence-electron chi connectivity index (χ4n) is 1.92. The lowest BCUT2D eigenvalue weighted by Gasteiger charge is -2.17. The molecule has 0 saturated heterocycles. The van der Waals surface area contributed by atoms with E-state index in [4.69, 9.17) is 11.6 Å². The summed E-state index contributed by atoms with van der Waals surface area (Å²) in [4.78, 5) is 10.3. The van der Waals surface area contributed by atoms with Gasteiger partial charge in [0.2, 0.25) is 0 Å². The van der Waals surface area contributed by atoms with Gasteiger partial charge >= 0.3 is 0 Å². The molecule has 3 nitrogen and oxygen atoms in total. The van der Waals surface area contributed by atoms with Gasteiger partial charge in [0.15, 0.2) is 0 Å². The van der Waals surface area contributed by atoms with E-state index in [0.717, 1.165) is 23.6 Å². The van der Waals surface area contributed by atoms with Gasteiger partial charge in [0.25, 0.3) is 0 Å². The van der Waals surface area contributed by atoms with Crippen molar-refractivity contribution in [1.29, 1.82) is 0 Å². The fraction of sp³-hybridized carbons (Fsp3) is 0.467. The zero-order valence-corrected chi connectivity index (χ0v) is 13.8. The van der Waals surface area contributed by atoms with Crippen LogP contribution in [0.3, 0.4) is 0 Å². The molecule has 0 bridgehead atoms. The molecule has 0 saturated carbocycles. The minimum absolute atomic E-state index is 0.265. The minimum Gasteiger partial charge on any atom is -0.367 e. The molecule has 1 unspecified atom stereocenters. The Morgan fingerprint density at radius 2 is 2.05 bits per heavy atom. The molecule has 2 rings (SSSR count). The first-order valence-electron chi connectivity index (χ1n) is 6.80. The molecule has 2 aromatic heterocycles. The van der Waals surface area contributed by atoms with E-state index in [-0.39, 0.29) is 5.92 Å². The summed E-state index contributed by atoms with van der Waals surface area (Å²) in [5.41, 5.74) is 0.911. The number of hydrogen-bond acceptors (Lipinski definition) is 4. The Hall–Kier alpha value is -1.13. The lowest BCUT2D eigenvalue weighted by molar-refractivity contribution is 0.753. The van der Waals surface area contributed by atoms with Gasteiger partial charge in [0.1, 0.15) is 16.8 Å². The summed E-state index contributed by atoms with van der Waals surface area (Å²) in [6, 6.07) is 4.54. The average molecular weight is 310 g/mol. The van der Waals surface area contributed by atoms with Crippen LogP contribution in [0.2, 0.25) is 5.15 Å². The number of nitrogens with one attached hydrogen (secondary N) is 1. The number of nitrogens with zero attached hydrogens (tertiary/aromatic N) is 2. The highest BCUT2D eigenvalue weighted by atomic mass is 35.5. The van der Waals surface area contributed by atoms with Crippen LogP contribution in [-0.2, 0) is 6.42 Å². The monoisotopic (exact) mass is 309 g/mol. The van der Waals surface area contributed by atoms with Crippen LogP contribution in [0.5, 0.6) is 0 Å². The lowest BCUT2D eigenvalue weighted by atomic mass is 10.2. The van der Waals surface area contributed by atoms with E-state index in [0.29, 0.717) is 11.2 Å². The van der Waals surface area contributed by atoms with Crippen molar-refractivity contribution in [3.8, 4) is 0 Å². The van der Waals surface area contributed by atoms with Gasteiger partial charge in [-0.25, -0.2) is 9.97 Å². The minimum atomic E-state index is 0.265. The highest BCUT2D eigenvalue weighted by Gasteiger charge is 2.14. The molecule has 1 atom stereocenters. The molecular formula is C15H20ClN3S. The Bertz CT molecular complexity index is 567. The van der Waals surface area contributed by atoms with Gasteiger partial charge in [-0.1, -0.05) is 31.5 Å². The molecule has 0 radical (unpaired) electrons. The summed E-state index contributed by atoms with van der Waals surface area (Å²) >= 11 is 7.98.